The number of alkyl halides is 3. The number of nitrogens with one attached hydrogen (secondary N) is 2. The van der Waals surface area contributed by atoms with Gasteiger partial charge in [-0.15, -0.1) is 0 Å². The fourth-order valence-electron chi connectivity index (χ4n) is 4.68. The highest BCUT2D eigenvalue weighted by Gasteiger charge is 2.30. The Balaban J connectivity index is 0.000000219. The van der Waals surface area contributed by atoms with E-state index in [1.165, 1.54) is 84.9 Å². The maximum atomic E-state index is 11.8. The molecule has 0 atom stereocenters. The second kappa shape index (κ2) is 10.1. The van der Waals surface area contributed by atoms with E-state index in [2.05, 4.69) is 48.2 Å². The van der Waals surface area contributed by atoms with E-state index < -0.39 is 11.7 Å². The number of hydrogen-bond acceptors (Lipinski definition) is 1. The normalized spacial score (nSPS) is 20.4. The Labute approximate surface area is 194 Å². The maximum absolute atomic E-state index is 11.8. The molecule has 2 N–H and O–H groups in total. The molecule has 0 spiro atoms. The van der Waals surface area contributed by atoms with Crippen molar-refractivity contribution in [1.29, 1.82) is 0 Å². The molecule has 5 heteroatoms. The van der Waals surface area contributed by atoms with Crippen molar-refractivity contribution >= 4 is 16.6 Å². The highest BCUT2D eigenvalue weighted by Crippen LogP contribution is 2.41. The van der Waals surface area contributed by atoms with Gasteiger partial charge in [0.05, 0.1) is 11.3 Å². The van der Waals surface area contributed by atoms with Crippen LogP contribution in [0.1, 0.15) is 56.6 Å². The predicted molar refractivity (Wildman–Crippen MR) is 130 cm³/mol. The number of hydrogen-bond donors (Lipinski definition) is 2. The molecule has 0 unspecified atom stereocenters. The minimum absolute atomic E-state index is 0.602. The van der Waals surface area contributed by atoms with Crippen LogP contribution in [0.25, 0.3) is 10.9 Å². The van der Waals surface area contributed by atoms with Crippen LogP contribution in [-0.4, -0.2) is 4.98 Å². The molecule has 33 heavy (non-hydrogen) atoms. The van der Waals surface area contributed by atoms with Gasteiger partial charge in [0.2, 0.25) is 0 Å². The first-order valence-corrected chi connectivity index (χ1v) is 12.0. The van der Waals surface area contributed by atoms with Gasteiger partial charge in [-0.05, 0) is 54.7 Å². The molecule has 5 rings (SSSR count). The first kappa shape index (κ1) is 23.5. The average Bonchev–Trinajstić information content (AvgIpc) is 3.12. The number of halogens is 3. The van der Waals surface area contributed by atoms with Gasteiger partial charge in [-0.2, -0.15) is 13.2 Å². The third-order valence-electron chi connectivity index (χ3n) is 7.20. The van der Waals surface area contributed by atoms with Crippen LogP contribution in [0, 0.1) is 17.8 Å². The fraction of sp³-hybridized carbons (Fsp3) is 0.429. The topological polar surface area (TPSA) is 27.8 Å². The molecule has 0 radical (unpaired) electrons. The van der Waals surface area contributed by atoms with Gasteiger partial charge in [-0.1, -0.05) is 75.6 Å². The second-order valence-electron chi connectivity index (χ2n) is 9.54. The van der Waals surface area contributed by atoms with Gasteiger partial charge in [0.25, 0.3) is 0 Å². The number of rotatable bonds is 6. The van der Waals surface area contributed by atoms with Crippen LogP contribution in [0.4, 0.5) is 18.9 Å². The van der Waals surface area contributed by atoms with Crippen molar-refractivity contribution in [3.05, 3.63) is 78.1 Å². The zero-order chi connectivity index (χ0) is 23.4. The summed E-state index contributed by atoms with van der Waals surface area (Å²) in [6.07, 6.45) is 7.28. The summed E-state index contributed by atoms with van der Waals surface area (Å²) in [5.74, 6) is 2.48. The smallest absolute Gasteiger partial charge is 0.359 e. The molecular formula is C28H33F3N2. The lowest BCUT2D eigenvalue weighted by Crippen LogP contribution is -2.27. The quantitative estimate of drug-likeness (QED) is 0.383. The molecule has 2 fully saturated rings. The van der Waals surface area contributed by atoms with Crippen molar-refractivity contribution in [1.82, 2.24) is 4.98 Å². The summed E-state index contributed by atoms with van der Waals surface area (Å²) in [7, 11) is 0. The number of benzene rings is 2. The molecular weight excluding hydrogens is 421 g/mol. The van der Waals surface area contributed by atoms with Gasteiger partial charge < -0.3 is 10.3 Å². The number of aromatic amines is 1. The van der Waals surface area contributed by atoms with Gasteiger partial charge in [0.1, 0.15) is 0 Å². The zero-order valence-electron chi connectivity index (χ0n) is 19.2. The van der Waals surface area contributed by atoms with Crippen molar-refractivity contribution in [3.8, 4) is 0 Å². The zero-order valence-corrected chi connectivity index (χ0v) is 19.2. The van der Waals surface area contributed by atoms with Gasteiger partial charge in [-0.3, -0.25) is 0 Å². The van der Waals surface area contributed by atoms with E-state index in [9.17, 15) is 13.2 Å². The molecule has 1 heterocycles. The first-order chi connectivity index (χ1) is 15.8. The van der Waals surface area contributed by atoms with E-state index in [4.69, 9.17) is 0 Å². The molecule has 2 nitrogen and oxygen atoms in total. The summed E-state index contributed by atoms with van der Waals surface area (Å²) < 4.78 is 35.4. The molecule has 2 aliphatic carbocycles. The summed E-state index contributed by atoms with van der Waals surface area (Å²) in [6.45, 7) is 6.59. The molecule has 176 valence electrons. The van der Waals surface area contributed by atoms with Crippen molar-refractivity contribution in [2.75, 3.05) is 5.32 Å². The highest BCUT2D eigenvalue weighted by atomic mass is 19.4. The predicted octanol–water partition coefficient (Wildman–Crippen LogP) is 8.58. The van der Waals surface area contributed by atoms with Crippen LogP contribution in [0.5, 0.6) is 0 Å². The van der Waals surface area contributed by atoms with Gasteiger partial charge in [0.15, 0.2) is 0 Å². The third kappa shape index (κ3) is 5.82. The summed E-state index contributed by atoms with van der Waals surface area (Å²) >= 11 is 0. The number of H-pyrrole nitrogens is 1. The minimum Gasteiger partial charge on any atom is -0.359 e. The average molecular weight is 455 g/mol. The van der Waals surface area contributed by atoms with Crippen molar-refractivity contribution in [3.63, 3.8) is 0 Å². The summed E-state index contributed by atoms with van der Waals surface area (Å²) in [5.41, 5.74) is 4.48. The Morgan fingerprint density at radius 1 is 1.06 bits per heavy atom. The third-order valence-corrected chi connectivity index (χ3v) is 7.20. The van der Waals surface area contributed by atoms with E-state index in [1.54, 1.807) is 6.07 Å². The van der Waals surface area contributed by atoms with Crippen LogP contribution < -0.4 is 5.32 Å². The van der Waals surface area contributed by atoms with E-state index in [0.717, 1.165) is 24.0 Å². The SMILES string of the molecule is C=C(Nc1c[nH]c2ccc(CC3CCC3)cc12)C1CC(CC)C1.FC(F)(F)c1ccccc1. The summed E-state index contributed by atoms with van der Waals surface area (Å²) in [6, 6.07) is 13.2. The van der Waals surface area contributed by atoms with Gasteiger partial charge in [0, 0.05) is 22.8 Å². The lowest BCUT2D eigenvalue weighted by atomic mass is 9.72. The second-order valence-corrected chi connectivity index (χ2v) is 9.54. The first-order valence-electron chi connectivity index (χ1n) is 12.0. The Bertz CT molecular complexity index is 1060. The Morgan fingerprint density at radius 2 is 1.79 bits per heavy atom. The van der Waals surface area contributed by atoms with Crippen LogP contribution in [0.3, 0.4) is 0 Å². The number of aromatic nitrogens is 1. The van der Waals surface area contributed by atoms with Gasteiger partial charge in [-0.25, -0.2) is 0 Å². The Kier molecular flexibility index (Phi) is 7.16. The van der Waals surface area contributed by atoms with Crippen molar-refractivity contribution < 1.29 is 13.2 Å². The molecule has 2 saturated carbocycles. The fourth-order valence-corrected chi connectivity index (χ4v) is 4.68. The molecule has 0 bridgehead atoms. The summed E-state index contributed by atoms with van der Waals surface area (Å²) in [5, 5.41) is 4.91. The largest absolute Gasteiger partial charge is 0.416 e. The monoisotopic (exact) mass is 454 g/mol. The van der Waals surface area contributed by atoms with Crippen LogP contribution in [0.15, 0.2) is 67.0 Å². The van der Waals surface area contributed by atoms with Crippen LogP contribution >= 0.6 is 0 Å². The van der Waals surface area contributed by atoms with E-state index in [-0.39, 0.29) is 0 Å². The van der Waals surface area contributed by atoms with E-state index in [1.807, 2.05) is 0 Å². The minimum atomic E-state index is -4.21. The lowest BCUT2D eigenvalue weighted by Gasteiger charge is -2.36. The van der Waals surface area contributed by atoms with Crippen molar-refractivity contribution in [2.24, 2.45) is 17.8 Å². The maximum Gasteiger partial charge on any atom is 0.416 e. The number of allylic oxidation sites excluding steroid dienone is 1. The highest BCUT2D eigenvalue weighted by molar-refractivity contribution is 5.93. The lowest BCUT2D eigenvalue weighted by molar-refractivity contribution is -0.137. The molecule has 3 aromatic rings. The molecule has 2 aliphatic rings. The number of anilines is 1. The molecule has 0 amide bonds. The Morgan fingerprint density at radius 3 is 2.36 bits per heavy atom. The number of fused-ring (bicyclic) bond motifs is 1. The molecule has 0 aliphatic heterocycles. The standard InChI is InChI=1S/C21H28N2.C7H5F3/c1-3-15-10-18(11-15)14(2)23-21-13-22-20-8-7-17(12-19(20)21)9-16-5-4-6-16;8-7(9,10)6-4-2-1-3-5-6/h7-8,12-13,15-16,18,22-23H,2-6,9-11H2,1H3;1-5H. The summed E-state index contributed by atoms with van der Waals surface area (Å²) in [4.78, 5) is 3.39. The van der Waals surface area contributed by atoms with Crippen molar-refractivity contribution in [2.45, 2.75) is 58.0 Å². The van der Waals surface area contributed by atoms with Gasteiger partial charge >= 0.3 is 6.18 Å². The van der Waals surface area contributed by atoms with E-state index >= 15 is 0 Å². The van der Waals surface area contributed by atoms with Crippen LogP contribution in [0.2, 0.25) is 0 Å². The van der Waals surface area contributed by atoms with Crippen LogP contribution in [-0.2, 0) is 12.6 Å². The molecule has 2 aromatic carbocycles. The Hall–Kier alpha value is -2.69. The molecule has 1 aromatic heterocycles. The molecule has 0 saturated heterocycles. The van der Waals surface area contributed by atoms with E-state index in [0.29, 0.717) is 5.92 Å².